The summed E-state index contributed by atoms with van der Waals surface area (Å²) in [6.07, 6.45) is 1.21. The minimum Gasteiger partial charge on any atom is -0.392 e. The van der Waals surface area contributed by atoms with Crippen molar-refractivity contribution in [2.75, 3.05) is 13.1 Å². The number of nitrogens with two attached hydrogens (primary N) is 1. The topological polar surface area (TPSA) is 66.6 Å². The molecule has 0 aliphatic carbocycles. The number of amides is 1. The van der Waals surface area contributed by atoms with Crippen LogP contribution in [0.5, 0.6) is 0 Å². The van der Waals surface area contributed by atoms with E-state index in [9.17, 15) is 9.90 Å². The van der Waals surface area contributed by atoms with E-state index >= 15 is 0 Å². The molecule has 0 spiro atoms. The van der Waals surface area contributed by atoms with Crippen LogP contribution in [0, 0.1) is 5.41 Å². The molecule has 1 heterocycles. The molecule has 0 aromatic heterocycles. The van der Waals surface area contributed by atoms with E-state index in [4.69, 9.17) is 18.0 Å². The molecular weight excluding hydrogens is 224 g/mol. The number of nitrogens with zero attached hydrogens (tertiary/aromatic N) is 1. The molecule has 1 fully saturated rings. The van der Waals surface area contributed by atoms with Crippen LogP contribution < -0.4 is 5.73 Å². The number of thiocarbonyl (C=S) groups is 1. The van der Waals surface area contributed by atoms with E-state index in [0.29, 0.717) is 25.9 Å². The summed E-state index contributed by atoms with van der Waals surface area (Å²) in [5.74, 6) is -0.0458. The maximum atomic E-state index is 12.1. The van der Waals surface area contributed by atoms with Crippen LogP contribution in [-0.2, 0) is 4.79 Å². The van der Waals surface area contributed by atoms with Gasteiger partial charge in [-0.3, -0.25) is 4.79 Å². The van der Waals surface area contributed by atoms with Crippen LogP contribution in [0.2, 0.25) is 0 Å². The highest BCUT2D eigenvalue weighted by Crippen LogP contribution is 2.26. The van der Waals surface area contributed by atoms with Crippen LogP contribution in [0.25, 0.3) is 0 Å². The minimum atomic E-state index is -0.793. The van der Waals surface area contributed by atoms with Gasteiger partial charge >= 0.3 is 0 Å². The van der Waals surface area contributed by atoms with Crippen LogP contribution >= 0.6 is 12.2 Å². The van der Waals surface area contributed by atoms with Gasteiger partial charge in [0.1, 0.15) is 0 Å². The Morgan fingerprint density at radius 2 is 1.88 bits per heavy atom. The Labute approximate surface area is 102 Å². The number of likely N-dealkylation sites (tertiary alicyclic amines) is 1. The first-order valence-electron chi connectivity index (χ1n) is 5.48. The third kappa shape index (κ3) is 2.71. The van der Waals surface area contributed by atoms with Crippen LogP contribution in [-0.4, -0.2) is 39.6 Å². The summed E-state index contributed by atoms with van der Waals surface area (Å²) in [5.41, 5.74) is 4.12. The van der Waals surface area contributed by atoms with Gasteiger partial charge in [-0.25, -0.2) is 0 Å². The second-order valence-electron chi connectivity index (χ2n) is 5.28. The fourth-order valence-electron chi connectivity index (χ4n) is 1.69. The van der Waals surface area contributed by atoms with E-state index in [1.807, 2.05) is 0 Å². The maximum Gasteiger partial charge on any atom is 0.235 e. The zero-order valence-corrected chi connectivity index (χ0v) is 10.9. The van der Waals surface area contributed by atoms with E-state index in [0.717, 1.165) is 0 Å². The lowest BCUT2D eigenvalue weighted by Gasteiger charge is -2.39. The molecule has 1 amide bonds. The van der Waals surface area contributed by atoms with Gasteiger partial charge in [0.2, 0.25) is 5.91 Å². The maximum absolute atomic E-state index is 12.1. The van der Waals surface area contributed by atoms with Gasteiger partial charge in [-0.2, -0.15) is 0 Å². The molecule has 0 bridgehead atoms. The first-order chi connectivity index (χ1) is 7.17. The van der Waals surface area contributed by atoms with Crippen molar-refractivity contribution in [3.8, 4) is 0 Å². The van der Waals surface area contributed by atoms with E-state index in [2.05, 4.69) is 0 Å². The molecule has 0 aromatic carbocycles. The molecule has 16 heavy (non-hydrogen) atoms. The number of rotatable bonds is 2. The molecule has 0 radical (unpaired) electrons. The molecule has 0 atom stereocenters. The summed E-state index contributed by atoms with van der Waals surface area (Å²) in [6, 6.07) is 0. The van der Waals surface area contributed by atoms with Gasteiger partial charge in [-0.15, -0.1) is 0 Å². The highest BCUT2D eigenvalue weighted by atomic mass is 32.1. The Hall–Kier alpha value is -0.680. The number of piperidine rings is 1. The van der Waals surface area contributed by atoms with Crippen molar-refractivity contribution in [2.24, 2.45) is 11.1 Å². The lowest BCUT2D eigenvalue weighted by atomic mass is 9.88. The summed E-state index contributed by atoms with van der Waals surface area (Å²) < 4.78 is 0. The molecular formula is C11H20N2O2S. The summed E-state index contributed by atoms with van der Waals surface area (Å²) in [6.45, 7) is 6.41. The first-order valence-corrected chi connectivity index (χ1v) is 5.89. The number of carbonyl (C=O) groups is 1. The zero-order chi connectivity index (χ0) is 12.6. The van der Waals surface area contributed by atoms with Crippen molar-refractivity contribution in [2.45, 2.75) is 39.2 Å². The Balaban J connectivity index is 2.68. The standard InChI is InChI=1S/C11H20N2O2S/c1-10(2,8(12)16)9(14)13-6-4-11(3,15)5-7-13/h15H,4-7H2,1-3H3,(H2,12,16). The van der Waals surface area contributed by atoms with Gasteiger partial charge in [-0.1, -0.05) is 12.2 Å². The smallest absolute Gasteiger partial charge is 0.235 e. The minimum absolute atomic E-state index is 0.0458. The fourth-order valence-corrected chi connectivity index (χ4v) is 1.78. The number of carbonyl (C=O) groups excluding carboxylic acids is 1. The highest BCUT2D eigenvalue weighted by Gasteiger charge is 2.38. The average Bonchev–Trinajstić information content (AvgIpc) is 2.16. The van der Waals surface area contributed by atoms with Crippen molar-refractivity contribution < 1.29 is 9.90 Å². The molecule has 5 heteroatoms. The molecule has 3 N–H and O–H groups in total. The second-order valence-corrected chi connectivity index (χ2v) is 5.72. The molecule has 0 unspecified atom stereocenters. The molecule has 0 aromatic rings. The van der Waals surface area contributed by atoms with Gasteiger partial charge in [0.25, 0.3) is 0 Å². The van der Waals surface area contributed by atoms with Gasteiger partial charge in [-0.05, 0) is 33.6 Å². The fraction of sp³-hybridized carbons (Fsp3) is 0.818. The summed E-state index contributed by atoms with van der Waals surface area (Å²) in [5, 5.41) is 9.80. The van der Waals surface area contributed by atoms with Crippen LogP contribution in [0.15, 0.2) is 0 Å². The number of aliphatic hydroxyl groups is 1. The predicted molar refractivity (Wildman–Crippen MR) is 67.0 cm³/mol. The normalized spacial score (nSPS) is 20.6. The number of hydrogen-bond donors (Lipinski definition) is 2. The zero-order valence-electron chi connectivity index (χ0n) is 10.1. The lowest BCUT2D eigenvalue weighted by molar-refractivity contribution is -0.140. The second kappa shape index (κ2) is 4.30. The van der Waals surface area contributed by atoms with Crippen molar-refractivity contribution in [1.82, 2.24) is 4.90 Å². The number of hydrogen-bond acceptors (Lipinski definition) is 3. The Morgan fingerprint density at radius 1 is 1.44 bits per heavy atom. The van der Waals surface area contributed by atoms with E-state index < -0.39 is 11.0 Å². The molecule has 92 valence electrons. The average molecular weight is 244 g/mol. The van der Waals surface area contributed by atoms with Crippen molar-refractivity contribution in [3.05, 3.63) is 0 Å². The molecule has 1 rings (SSSR count). The van der Waals surface area contributed by atoms with Crippen molar-refractivity contribution >= 4 is 23.1 Å². The van der Waals surface area contributed by atoms with E-state index in [-0.39, 0.29) is 10.9 Å². The molecule has 4 nitrogen and oxygen atoms in total. The SMILES string of the molecule is CC1(O)CCN(C(=O)C(C)(C)C(N)=S)CC1. The molecule has 1 aliphatic heterocycles. The highest BCUT2D eigenvalue weighted by molar-refractivity contribution is 7.80. The van der Waals surface area contributed by atoms with Crippen LogP contribution in [0.4, 0.5) is 0 Å². The van der Waals surface area contributed by atoms with Crippen molar-refractivity contribution in [3.63, 3.8) is 0 Å². The summed E-state index contributed by atoms with van der Waals surface area (Å²) in [4.78, 5) is 14.1. The van der Waals surface area contributed by atoms with Crippen molar-refractivity contribution in [1.29, 1.82) is 0 Å². The van der Waals surface area contributed by atoms with Crippen LogP contribution in [0.1, 0.15) is 33.6 Å². The Morgan fingerprint density at radius 3 is 2.25 bits per heavy atom. The van der Waals surface area contributed by atoms with Gasteiger partial charge < -0.3 is 15.7 Å². The largest absolute Gasteiger partial charge is 0.392 e. The van der Waals surface area contributed by atoms with E-state index in [1.54, 1.807) is 25.7 Å². The van der Waals surface area contributed by atoms with Gasteiger partial charge in [0.15, 0.2) is 0 Å². The van der Waals surface area contributed by atoms with Crippen LogP contribution in [0.3, 0.4) is 0 Å². The Bertz CT molecular complexity index is 303. The lowest BCUT2D eigenvalue weighted by Crippen LogP contribution is -2.52. The first kappa shape index (κ1) is 13.4. The molecule has 0 saturated carbocycles. The van der Waals surface area contributed by atoms with Gasteiger partial charge in [0, 0.05) is 13.1 Å². The third-order valence-corrected chi connectivity index (χ3v) is 3.79. The summed E-state index contributed by atoms with van der Waals surface area (Å²) in [7, 11) is 0. The van der Waals surface area contributed by atoms with E-state index in [1.165, 1.54) is 0 Å². The molecule has 1 saturated heterocycles. The predicted octanol–water partition coefficient (Wildman–Crippen LogP) is 0.672. The quantitative estimate of drug-likeness (QED) is 0.701. The monoisotopic (exact) mass is 244 g/mol. The third-order valence-electron chi connectivity index (χ3n) is 3.28. The molecule has 1 aliphatic rings. The van der Waals surface area contributed by atoms with Gasteiger partial charge in [0.05, 0.1) is 16.0 Å². The Kier molecular flexibility index (Phi) is 3.59. The summed E-state index contributed by atoms with van der Waals surface area (Å²) >= 11 is 4.90.